The summed E-state index contributed by atoms with van der Waals surface area (Å²) in [5, 5.41) is 0. The van der Waals surface area contributed by atoms with E-state index >= 15 is 0 Å². The van der Waals surface area contributed by atoms with Gasteiger partial charge in [-0.3, -0.25) is 0 Å². The number of hydrogen-bond acceptors (Lipinski definition) is 2. The summed E-state index contributed by atoms with van der Waals surface area (Å²) >= 11 is 0. The molecule has 2 nitrogen and oxygen atoms in total. The Hall–Kier alpha value is -1.54. The molecule has 118 valence electrons. The molecule has 2 fully saturated rings. The first-order valence-corrected chi connectivity index (χ1v) is 8.22. The number of ether oxygens (including phenoxy) is 2. The molecule has 1 aromatic carbocycles. The van der Waals surface area contributed by atoms with E-state index in [-0.39, 0.29) is 5.41 Å². The van der Waals surface area contributed by atoms with Crippen LogP contribution in [0.25, 0.3) is 0 Å². The van der Waals surface area contributed by atoms with Gasteiger partial charge in [-0.25, -0.2) is 0 Å². The molecule has 0 aromatic heterocycles. The van der Waals surface area contributed by atoms with Gasteiger partial charge in [-0.1, -0.05) is 49.9 Å². The topological polar surface area (TPSA) is 18.5 Å². The highest BCUT2D eigenvalue weighted by atomic mass is 16.5. The van der Waals surface area contributed by atoms with Crippen molar-refractivity contribution in [1.82, 2.24) is 0 Å². The minimum Gasteiger partial charge on any atom is -0.501 e. The van der Waals surface area contributed by atoms with Crippen molar-refractivity contribution in [2.24, 2.45) is 17.8 Å². The van der Waals surface area contributed by atoms with Crippen LogP contribution in [-0.2, 0) is 14.9 Å². The predicted molar refractivity (Wildman–Crippen MR) is 89.6 cm³/mol. The Kier molecular flexibility index (Phi) is 4.39. The number of rotatable bonds is 7. The van der Waals surface area contributed by atoms with Gasteiger partial charge in [0.2, 0.25) is 0 Å². The first-order valence-electron chi connectivity index (χ1n) is 8.22. The van der Waals surface area contributed by atoms with Gasteiger partial charge in [-0.05, 0) is 30.2 Å². The van der Waals surface area contributed by atoms with Crippen molar-refractivity contribution in [3.05, 3.63) is 61.4 Å². The summed E-state index contributed by atoms with van der Waals surface area (Å²) in [4.78, 5) is 0. The maximum Gasteiger partial charge on any atom is 0.0912 e. The second kappa shape index (κ2) is 6.29. The van der Waals surface area contributed by atoms with E-state index in [9.17, 15) is 0 Å². The SMILES string of the molecule is C=CCOC1CC2CC1C(C)(c1ccccc1)C2COC=C. The molecular weight excluding hydrogens is 272 g/mol. The van der Waals surface area contributed by atoms with E-state index in [1.807, 2.05) is 6.08 Å². The molecule has 0 aliphatic heterocycles. The third-order valence-electron chi connectivity index (χ3n) is 5.87. The van der Waals surface area contributed by atoms with E-state index in [4.69, 9.17) is 9.47 Å². The number of hydrogen-bond donors (Lipinski definition) is 0. The molecule has 0 radical (unpaired) electrons. The van der Waals surface area contributed by atoms with Crippen LogP contribution >= 0.6 is 0 Å². The van der Waals surface area contributed by atoms with E-state index < -0.39 is 0 Å². The average Bonchev–Trinajstić information content (AvgIpc) is 3.09. The monoisotopic (exact) mass is 298 g/mol. The molecular formula is C20H26O2. The lowest BCUT2D eigenvalue weighted by molar-refractivity contribution is -0.0245. The van der Waals surface area contributed by atoms with Gasteiger partial charge in [-0.15, -0.1) is 6.58 Å². The minimum atomic E-state index is 0.110. The number of benzene rings is 1. The van der Waals surface area contributed by atoms with Crippen LogP contribution in [0.3, 0.4) is 0 Å². The summed E-state index contributed by atoms with van der Waals surface area (Å²) in [6.07, 6.45) is 6.14. The normalized spacial score (nSPS) is 36.2. The van der Waals surface area contributed by atoms with Gasteiger partial charge in [0, 0.05) is 11.3 Å². The largest absolute Gasteiger partial charge is 0.501 e. The van der Waals surface area contributed by atoms with Crippen LogP contribution in [0, 0.1) is 17.8 Å². The fraction of sp³-hybridized carbons (Fsp3) is 0.500. The molecule has 1 aromatic rings. The summed E-state index contributed by atoms with van der Waals surface area (Å²) < 4.78 is 11.7. The van der Waals surface area contributed by atoms with E-state index in [2.05, 4.69) is 50.4 Å². The van der Waals surface area contributed by atoms with Gasteiger partial charge in [0.1, 0.15) is 0 Å². The van der Waals surface area contributed by atoms with E-state index in [1.165, 1.54) is 12.0 Å². The lowest BCUT2D eigenvalue weighted by Gasteiger charge is -2.44. The molecule has 2 bridgehead atoms. The molecule has 2 heteroatoms. The van der Waals surface area contributed by atoms with E-state index in [0.717, 1.165) is 13.0 Å². The molecule has 2 aliphatic rings. The highest BCUT2D eigenvalue weighted by molar-refractivity contribution is 5.31. The fourth-order valence-electron chi connectivity index (χ4n) is 4.84. The van der Waals surface area contributed by atoms with Crippen molar-refractivity contribution in [2.75, 3.05) is 13.2 Å². The van der Waals surface area contributed by atoms with Crippen molar-refractivity contribution in [2.45, 2.75) is 31.3 Å². The van der Waals surface area contributed by atoms with Crippen molar-refractivity contribution < 1.29 is 9.47 Å². The van der Waals surface area contributed by atoms with E-state index in [1.54, 1.807) is 6.26 Å². The summed E-state index contributed by atoms with van der Waals surface area (Å²) in [7, 11) is 0. The molecule has 22 heavy (non-hydrogen) atoms. The molecule has 2 saturated carbocycles. The zero-order chi connectivity index (χ0) is 15.6. The molecule has 3 rings (SSSR count). The molecule has 0 spiro atoms. The molecule has 5 atom stereocenters. The first-order chi connectivity index (χ1) is 10.7. The third-order valence-corrected chi connectivity index (χ3v) is 5.87. The second-order valence-electron chi connectivity index (χ2n) is 6.75. The quantitative estimate of drug-likeness (QED) is 0.551. The maximum atomic E-state index is 6.08. The Bertz CT molecular complexity index is 524. The molecule has 0 N–H and O–H groups in total. The van der Waals surface area contributed by atoms with Gasteiger partial charge in [0.15, 0.2) is 0 Å². The summed E-state index contributed by atoms with van der Waals surface area (Å²) in [6, 6.07) is 10.9. The van der Waals surface area contributed by atoms with Crippen LogP contribution in [0.2, 0.25) is 0 Å². The Morgan fingerprint density at radius 2 is 2.00 bits per heavy atom. The molecule has 0 saturated heterocycles. The highest BCUT2D eigenvalue weighted by Gasteiger charge is 2.60. The van der Waals surface area contributed by atoms with Crippen LogP contribution in [0.1, 0.15) is 25.3 Å². The van der Waals surface area contributed by atoms with Crippen molar-refractivity contribution in [1.29, 1.82) is 0 Å². The maximum absolute atomic E-state index is 6.08. The molecule has 0 amide bonds. The highest BCUT2D eigenvalue weighted by Crippen LogP contribution is 2.61. The molecule has 5 unspecified atom stereocenters. The van der Waals surface area contributed by atoms with Gasteiger partial charge in [0.05, 0.1) is 25.6 Å². The summed E-state index contributed by atoms with van der Waals surface area (Å²) in [6.45, 7) is 11.3. The molecule has 2 aliphatic carbocycles. The lowest BCUT2D eigenvalue weighted by Crippen LogP contribution is -2.46. The minimum absolute atomic E-state index is 0.110. The third kappa shape index (κ3) is 2.40. The zero-order valence-electron chi connectivity index (χ0n) is 13.4. The standard InChI is InChI=1S/C20H26O2/c1-4-11-22-19-13-15-12-17(19)20(3,18(15)14-21-5-2)16-9-7-6-8-10-16/h4-10,15,17-19H,1-2,11-14H2,3H3. The Morgan fingerprint density at radius 1 is 1.23 bits per heavy atom. The lowest BCUT2D eigenvalue weighted by atomic mass is 9.63. The predicted octanol–water partition coefficient (Wildman–Crippen LogP) is 4.33. The van der Waals surface area contributed by atoms with Gasteiger partial charge in [-0.2, -0.15) is 0 Å². The van der Waals surface area contributed by atoms with Crippen LogP contribution in [0.4, 0.5) is 0 Å². The van der Waals surface area contributed by atoms with Crippen LogP contribution in [0.15, 0.2) is 55.8 Å². The van der Waals surface area contributed by atoms with E-state index in [0.29, 0.717) is 30.5 Å². The smallest absolute Gasteiger partial charge is 0.0912 e. The van der Waals surface area contributed by atoms with Gasteiger partial charge < -0.3 is 9.47 Å². The van der Waals surface area contributed by atoms with Gasteiger partial charge >= 0.3 is 0 Å². The van der Waals surface area contributed by atoms with Crippen LogP contribution < -0.4 is 0 Å². The zero-order valence-corrected chi connectivity index (χ0v) is 13.4. The van der Waals surface area contributed by atoms with Crippen LogP contribution in [0.5, 0.6) is 0 Å². The number of fused-ring (bicyclic) bond motifs is 2. The Balaban J connectivity index is 1.90. The average molecular weight is 298 g/mol. The fourth-order valence-corrected chi connectivity index (χ4v) is 4.84. The van der Waals surface area contributed by atoms with Crippen molar-refractivity contribution >= 4 is 0 Å². The summed E-state index contributed by atoms with van der Waals surface area (Å²) in [5.74, 6) is 1.75. The van der Waals surface area contributed by atoms with Crippen molar-refractivity contribution in [3.8, 4) is 0 Å². The summed E-state index contributed by atoms with van der Waals surface area (Å²) in [5.41, 5.74) is 1.52. The van der Waals surface area contributed by atoms with Crippen LogP contribution in [-0.4, -0.2) is 19.3 Å². The van der Waals surface area contributed by atoms with Gasteiger partial charge in [0.25, 0.3) is 0 Å². The second-order valence-corrected chi connectivity index (χ2v) is 6.75. The van der Waals surface area contributed by atoms with Crippen molar-refractivity contribution in [3.63, 3.8) is 0 Å². The molecule has 0 heterocycles. The first kappa shape index (κ1) is 15.4. The Morgan fingerprint density at radius 3 is 2.68 bits per heavy atom. The Labute approximate surface area is 133 Å².